The molecule has 109 valence electrons. The summed E-state index contributed by atoms with van der Waals surface area (Å²) in [7, 11) is 1.48. The monoisotopic (exact) mass is 303 g/mol. The van der Waals surface area contributed by atoms with Gasteiger partial charge in [0.25, 0.3) is 0 Å². The summed E-state index contributed by atoms with van der Waals surface area (Å²) in [5.74, 6) is -8.95. The number of hydrogen-bond acceptors (Lipinski definition) is 1. The number of hydrogen-bond donors (Lipinski definition) is 0. The second kappa shape index (κ2) is 5.71. The maximum absolute atomic E-state index is 13.7. The highest BCUT2D eigenvalue weighted by Crippen LogP contribution is 2.18. The normalized spacial score (nSPS) is 10.6. The molecular formula is C13H6BF6O. The van der Waals surface area contributed by atoms with Gasteiger partial charge in [-0.25, -0.2) is 26.3 Å². The van der Waals surface area contributed by atoms with Gasteiger partial charge in [-0.05, 0) is 5.46 Å². The number of methoxy groups -OCH3 is 1. The van der Waals surface area contributed by atoms with Gasteiger partial charge < -0.3 is 4.74 Å². The first-order chi connectivity index (χ1) is 9.85. The van der Waals surface area contributed by atoms with Crippen LogP contribution in [0.2, 0.25) is 0 Å². The van der Waals surface area contributed by atoms with Crippen molar-refractivity contribution in [1.82, 2.24) is 0 Å². The van der Waals surface area contributed by atoms with E-state index in [1.807, 2.05) is 0 Å². The minimum absolute atomic E-state index is 0.239. The molecule has 21 heavy (non-hydrogen) atoms. The lowest BCUT2D eigenvalue weighted by atomic mass is 9.62. The molecule has 2 aromatic carbocycles. The van der Waals surface area contributed by atoms with Crippen molar-refractivity contribution in [2.24, 2.45) is 0 Å². The fourth-order valence-corrected chi connectivity index (χ4v) is 1.77. The van der Waals surface area contributed by atoms with Crippen molar-refractivity contribution in [1.29, 1.82) is 0 Å². The second-order valence-corrected chi connectivity index (χ2v) is 4.03. The lowest BCUT2D eigenvalue weighted by molar-refractivity contribution is 0.381. The molecule has 0 aliphatic carbocycles. The van der Waals surface area contributed by atoms with E-state index in [4.69, 9.17) is 0 Å². The summed E-state index contributed by atoms with van der Waals surface area (Å²) in [6.07, 6.45) is 0. The van der Waals surface area contributed by atoms with Gasteiger partial charge in [0, 0.05) is 23.7 Å². The molecule has 0 N–H and O–H groups in total. The van der Waals surface area contributed by atoms with Gasteiger partial charge in [-0.2, -0.15) is 0 Å². The van der Waals surface area contributed by atoms with E-state index >= 15 is 0 Å². The maximum atomic E-state index is 13.7. The molecule has 0 bridgehead atoms. The van der Waals surface area contributed by atoms with Crippen LogP contribution in [0.25, 0.3) is 0 Å². The minimum Gasteiger partial charge on any atom is -0.494 e. The van der Waals surface area contributed by atoms with Gasteiger partial charge in [0.05, 0.1) is 7.11 Å². The third kappa shape index (κ3) is 2.84. The third-order valence-electron chi connectivity index (χ3n) is 2.70. The van der Waals surface area contributed by atoms with Crippen LogP contribution in [0, 0.1) is 34.9 Å². The van der Waals surface area contributed by atoms with E-state index in [9.17, 15) is 26.3 Å². The Morgan fingerprint density at radius 2 is 1.33 bits per heavy atom. The van der Waals surface area contributed by atoms with Gasteiger partial charge in [-0.15, -0.1) is 0 Å². The molecule has 0 saturated heterocycles. The SMILES string of the molecule is COc1c(F)cc(F)c(F)c1[B]c1c(F)cc(F)cc1F. The van der Waals surface area contributed by atoms with Crippen LogP contribution in [0.4, 0.5) is 26.3 Å². The van der Waals surface area contributed by atoms with Crippen molar-refractivity contribution in [2.45, 2.75) is 0 Å². The smallest absolute Gasteiger partial charge is 0.208 e. The summed E-state index contributed by atoms with van der Waals surface area (Å²) in [5, 5.41) is 0. The molecule has 0 fully saturated rings. The molecule has 0 aromatic heterocycles. The van der Waals surface area contributed by atoms with E-state index in [0.29, 0.717) is 19.4 Å². The highest BCUT2D eigenvalue weighted by molar-refractivity contribution is 6.68. The van der Waals surface area contributed by atoms with E-state index in [2.05, 4.69) is 4.74 Å². The minimum atomic E-state index is -1.55. The van der Waals surface area contributed by atoms with E-state index in [1.54, 1.807) is 0 Å². The fraction of sp³-hybridized carbons (Fsp3) is 0.0769. The lowest BCUT2D eigenvalue weighted by Crippen LogP contribution is -2.36. The van der Waals surface area contributed by atoms with Crippen LogP contribution >= 0.6 is 0 Å². The largest absolute Gasteiger partial charge is 0.494 e. The van der Waals surface area contributed by atoms with Gasteiger partial charge in [0.1, 0.15) is 17.5 Å². The highest BCUT2D eigenvalue weighted by atomic mass is 19.2. The van der Waals surface area contributed by atoms with Crippen molar-refractivity contribution >= 4 is 18.2 Å². The molecule has 2 aromatic rings. The number of benzene rings is 2. The van der Waals surface area contributed by atoms with Gasteiger partial charge in [-0.3, -0.25) is 0 Å². The van der Waals surface area contributed by atoms with Crippen LogP contribution in [0.3, 0.4) is 0 Å². The summed E-state index contributed by atoms with van der Waals surface area (Å²) in [5.41, 5.74) is -1.67. The van der Waals surface area contributed by atoms with Crippen LogP contribution < -0.4 is 15.7 Å². The summed E-state index contributed by atoms with van der Waals surface area (Å²) in [4.78, 5) is 0. The zero-order chi connectivity index (χ0) is 15.7. The van der Waals surface area contributed by atoms with E-state index in [0.717, 1.165) is 7.11 Å². The molecule has 0 atom stereocenters. The summed E-state index contributed by atoms with van der Waals surface area (Å²) in [6, 6.07) is 0.951. The van der Waals surface area contributed by atoms with Crippen LogP contribution in [0.15, 0.2) is 18.2 Å². The topological polar surface area (TPSA) is 9.23 Å². The molecule has 0 aliphatic heterocycles. The standard InChI is InChI=1S/C13H6BF6O/c1-21-13-9(19)4-8(18)12(20)11(13)14-10-6(16)2-5(15)3-7(10)17/h2-4H,1H3. The Hall–Kier alpha value is -2.12. The number of halogens is 6. The molecular weight excluding hydrogens is 297 g/mol. The molecule has 0 amide bonds. The summed E-state index contributed by atoms with van der Waals surface area (Å²) >= 11 is 0. The summed E-state index contributed by atoms with van der Waals surface area (Å²) < 4.78 is 84.7. The average molecular weight is 303 g/mol. The van der Waals surface area contributed by atoms with Crippen molar-refractivity contribution in [3.05, 3.63) is 53.1 Å². The Labute approximate surface area is 116 Å². The van der Waals surface area contributed by atoms with Gasteiger partial charge >= 0.3 is 0 Å². The van der Waals surface area contributed by atoms with Crippen molar-refractivity contribution in [3.8, 4) is 5.75 Å². The Morgan fingerprint density at radius 3 is 1.86 bits per heavy atom. The molecule has 0 spiro atoms. The number of rotatable bonds is 3. The lowest BCUT2D eigenvalue weighted by Gasteiger charge is -2.12. The van der Waals surface area contributed by atoms with Crippen LogP contribution in [-0.2, 0) is 0 Å². The van der Waals surface area contributed by atoms with Gasteiger partial charge in [-0.1, -0.05) is 0 Å². The Morgan fingerprint density at radius 1 is 0.762 bits per heavy atom. The molecule has 2 rings (SSSR count). The zero-order valence-corrected chi connectivity index (χ0v) is 10.5. The Balaban J connectivity index is 2.59. The van der Waals surface area contributed by atoms with E-state index in [1.165, 1.54) is 0 Å². The van der Waals surface area contributed by atoms with Crippen LogP contribution in [0.5, 0.6) is 5.75 Å². The van der Waals surface area contributed by atoms with E-state index < -0.39 is 51.6 Å². The van der Waals surface area contributed by atoms with Crippen molar-refractivity contribution < 1.29 is 31.1 Å². The molecule has 0 unspecified atom stereocenters. The molecule has 8 heteroatoms. The molecule has 0 heterocycles. The average Bonchev–Trinajstić information content (AvgIpc) is 2.39. The van der Waals surface area contributed by atoms with Crippen molar-refractivity contribution in [3.63, 3.8) is 0 Å². The third-order valence-corrected chi connectivity index (χ3v) is 2.70. The molecule has 0 saturated carbocycles. The number of ether oxygens (including phenoxy) is 1. The predicted molar refractivity (Wildman–Crippen MR) is 64.2 cm³/mol. The maximum Gasteiger partial charge on any atom is 0.208 e. The Bertz CT molecular complexity index is 681. The molecule has 0 aliphatic rings. The first-order valence-electron chi connectivity index (χ1n) is 5.56. The molecule has 1 nitrogen and oxygen atoms in total. The summed E-state index contributed by atoms with van der Waals surface area (Å²) in [6.45, 7) is 0. The quantitative estimate of drug-likeness (QED) is 0.480. The zero-order valence-electron chi connectivity index (χ0n) is 10.5. The van der Waals surface area contributed by atoms with Crippen LogP contribution in [0.1, 0.15) is 0 Å². The highest BCUT2D eigenvalue weighted by Gasteiger charge is 2.23. The predicted octanol–water partition coefficient (Wildman–Crippen LogP) is 2.18. The Kier molecular flexibility index (Phi) is 4.15. The van der Waals surface area contributed by atoms with Gasteiger partial charge in [0.2, 0.25) is 7.28 Å². The first kappa shape index (κ1) is 15.3. The first-order valence-corrected chi connectivity index (χ1v) is 5.56. The van der Waals surface area contributed by atoms with Gasteiger partial charge in [0.15, 0.2) is 23.2 Å². The van der Waals surface area contributed by atoms with Crippen molar-refractivity contribution in [2.75, 3.05) is 7.11 Å². The van der Waals surface area contributed by atoms with Crippen LogP contribution in [-0.4, -0.2) is 14.4 Å². The van der Waals surface area contributed by atoms with E-state index in [-0.39, 0.29) is 6.07 Å². The fourth-order valence-electron chi connectivity index (χ4n) is 1.77. The second-order valence-electron chi connectivity index (χ2n) is 4.03. The molecule has 1 radical (unpaired) electrons.